The van der Waals surface area contributed by atoms with Crippen LogP contribution >= 0.6 is 0 Å². The lowest BCUT2D eigenvalue weighted by Gasteiger charge is -2.32. The van der Waals surface area contributed by atoms with Crippen LogP contribution in [0.1, 0.15) is 34.0 Å². The Labute approximate surface area is 146 Å². The number of allylic oxidation sites excluding steroid dienone is 2. The Bertz CT molecular complexity index is 873. The fourth-order valence-corrected chi connectivity index (χ4v) is 2.84. The van der Waals surface area contributed by atoms with E-state index in [0.717, 1.165) is 17.0 Å². The number of hydrogen-bond acceptors (Lipinski definition) is 2. The minimum absolute atomic E-state index is 0.402. The quantitative estimate of drug-likeness (QED) is 0.662. The molecule has 0 bridgehead atoms. The average molecular weight is 365 g/mol. The first kappa shape index (κ1) is 17.9. The Kier molecular flexibility index (Phi) is 4.67. The fraction of sp³-hybridized carbons (Fsp3) is 0.222. The van der Waals surface area contributed by atoms with Gasteiger partial charge in [-0.1, -0.05) is 30.4 Å². The number of amides is 1. The number of hydrogen-bond donors (Lipinski definition) is 1. The van der Waals surface area contributed by atoms with Crippen molar-refractivity contribution in [3.63, 3.8) is 0 Å². The Balaban J connectivity index is 1.91. The summed E-state index contributed by atoms with van der Waals surface area (Å²) in [5, 5.41) is 5.70. The zero-order chi connectivity index (χ0) is 18.9. The molecule has 1 aromatic heterocycles. The molecule has 1 aromatic carbocycles. The van der Waals surface area contributed by atoms with Crippen molar-refractivity contribution in [2.24, 2.45) is 7.05 Å². The van der Waals surface area contributed by atoms with Gasteiger partial charge in [-0.3, -0.25) is 9.48 Å². The van der Waals surface area contributed by atoms with Crippen molar-refractivity contribution in [3.05, 3.63) is 77.4 Å². The molecular formula is C18H15F4N3O. The summed E-state index contributed by atoms with van der Waals surface area (Å²) >= 11 is 0. The summed E-state index contributed by atoms with van der Waals surface area (Å²) in [7, 11) is 1.39. The smallest absolute Gasteiger partial charge is 0.282 e. The number of carbonyl (C=O) groups is 1. The highest BCUT2D eigenvalue weighted by Crippen LogP contribution is 2.35. The van der Waals surface area contributed by atoms with Gasteiger partial charge in [0.05, 0.1) is 11.5 Å². The predicted octanol–water partition coefficient (Wildman–Crippen LogP) is 3.80. The van der Waals surface area contributed by atoms with E-state index >= 15 is 4.39 Å². The molecule has 0 fully saturated rings. The second kappa shape index (κ2) is 6.78. The molecular weight excluding hydrogens is 350 g/mol. The lowest BCUT2D eigenvalue weighted by atomic mass is 9.86. The number of benzene rings is 1. The van der Waals surface area contributed by atoms with Gasteiger partial charge in [-0.15, -0.1) is 0 Å². The Morgan fingerprint density at radius 3 is 2.62 bits per heavy atom. The molecule has 1 aliphatic rings. The number of rotatable bonds is 4. The second-order valence-electron chi connectivity index (χ2n) is 5.90. The van der Waals surface area contributed by atoms with Gasteiger partial charge in [0.2, 0.25) is 5.79 Å². The van der Waals surface area contributed by atoms with E-state index in [1.54, 1.807) is 6.08 Å². The van der Waals surface area contributed by atoms with Gasteiger partial charge < -0.3 is 5.32 Å². The van der Waals surface area contributed by atoms with Gasteiger partial charge in [-0.25, -0.2) is 17.6 Å². The van der Waals surface area contributed by atoms with E-state index in [0.29, 0.717) is 5.56 Å². The zero-order valence-electron chi connectivity index (χ0n) is 13.7. The third-order valence-electron chi connectivity index (χ3n) is 4.05. The number of halogens is 4. The van der Waals surface area contributed by atoms with E-state index in [-0.39, 0.29) is 0 Å². The molecule has 0 aliphatic heterocycles. The van der Waals surface area contributed by atoms with Crippen LogP contribution in [-0.2, 0) is 7.05 Å². The maximum atomic E-state index is 15.5. The second-order valence-corrected chi connectivity index (χ2v) is 5.90. The first-order chi connectivity index (χ1) is 12.3. The molecule has 1 N–H and O–H groups in total. The van der Waals surface area contributed by atoms with Crippen LogP contribution in [0.2, 0.25) is 0 Å². The number of nitrogens with zero attached hydrogens (tertiary/aromatic N) is 2. The molecule has 2 aromatic rings. The average Bonchev–Trinajstić information content (AvgIpc) is 2.98. The van der Waals surface area contributed by atoms with Crippen LogP contribution in [0.3, 0.4) is 0 Å². The van der Waals surface area contributed by atoms with Crippen LogP contribution in [0.4, 0.5) is 17.6 Å². The van der Waals surface area contributed by atoms with Crippen LogP contribution in [0.15, 0.2) is 54.8 Å². The predicted molar refractivity (Wildman–Crippen MR) is 86.9 cm³/mol. The third kappa shape index (κ3) is 3.40. The SMILES string of the molecule is Cn1cc(C(=O)NC2(F)C=CC=CC2c2ccc(F)cc2)c(C(F)F)n1. The standard InChI is InChI=1S/C18H15F4N3O/c1-25-10-13(15(24-25)16(20)21)17(26)23-18(22)9-3-2-4-14(18)11-5-7-12(19)8-6-11/h2-10,14,16H,1H3,(H,23,26). The topological polar surface area (TPSA) is 46.9 Å². The summed E-state index contributed by atoms with van der Waals surface area (Å²) in [6.45, 7) is 0. The van der Waals surface area contributed by atoms with Crippen molar-refractivity contribution in [2.45, 2.75) is 18.1 Å². The lowest BCUT2D eigenvalue weighted by molar-refractivity contribution is 0.0776. The number of carbonyl (C=O) groups excluding carboxylic acids is 1. The number of aromatic nitrogens is 2. The molecule has 0 radical (unpaired) electrons. The molecule has 8 heteroatoms. The van der Waals surface area contributed by atoms with Crippen LogP contribution in [0.25, 0.3) is 0 Å². The first-order valence-electron chi connectivity index (χ1n) is 7.75. The Morgan fingerprint density at radius 2 is 1.96 bits per heavy atom. The molecule has 0 saturated carbocycles. The van der Waals surface area contributed by atoms with Gasteiger partial charge in [0.15, 0.2) is 0 Å². The minimum atomic E-state index is -2.97. The highest BCUT2D eigenvalue weighted by molar-refractivity contribution is 5.95. The van der Waals surface area contributed by atoms with E-state index < -0.39 is 41.1 Å². The molecule has 0 saturated heterocycles. The lowest BCUT2D eigenvalue weighted by Crippen LogP contribution is -2.48. The monoisotopic (exact) mass is 365 g/mol. The summed E-state index contributed by atoms with van der Waals surface area (Å²) < 4.78 is 55.8. The first-order valence-corrected chi connectivity index (χ1v) is 7.75. The molecule has 1 aliphatic carbocycles. The van der Waals surface area contributed by atoms with E-state index in [2.05, 4.69) is 10.4 Å². The minimum Gasteiger partial charge on any atom is -0.316 e. The maximum Gasteiger partial charge on any atom is 0.282 e. The van der Waals surface area contributed by atoms with Crippen LogP contribution in [0, 0.1) is 5.82 Å². The fourth-order valence-electron chi connectivity index (χ4n) is 2.84. The maximum absolute atomic E-state index is 15.5. The summed E-state index contributed by atoms with van der Waals surface area (Å²) in [4.78, 5) is 12.4. The van der Waals surface area contributed by atoms with Crippen molar-refractivity contribution in [2.75, 3.05) is 0 Å². The van der Waals surface area contributed by atoms with E-state index in [1.807, 2.05) is 0 Å². The Morgan fingerprint density at radius 1 is 1.27 bits per heavy atom. The summed E-state index contributed by atoms with van der Waals surface area (Å²) in [5.74, 6) is -4.79. The van der Waals surface area contributed by atoms with Crippen molar-refractivity contribution < 1.29 is 22.4 Å². The molecule has 3 rings (SSSR count). The largest absolute Gasteiger partial charge is 0.316 e. The molecule has 1 amide bonds. The molecule has 1 heterocycles. The van der Waals surface area contributed by atoms with Crippen molar-refractivity contribution in [1.29, 1.82) is 0 Å². The van der Waals surface area contributed by atoms with Gasteiger partial charge in [0.25, 0.3) is 12.3 Å². The van der Waals surface area contributed by atoms with E-state index in [4.69, 9.17) is 0 Å². The summed E-state index contributed by atoms with van der Waals surface area (Å²) in [6, 6.07) is 5.16. The number of alkyl halides is 3. The third-order valence-corrected chi connectivity index (χ3v) is 4.05. The number of aryl methyl sites for hydroxylation is 1. The Hall–Kier alpha value is -2.90. The molecule has 0 spiro atoms. The van der Waals surface area contributed by atoms with Crippen molar-refractivity contribution >= 4 is 5.91 Å². The van der Waals surface area contributed by atoms with E-state index in [9.17, 15) is 18.0 Å². The van der Waals surface area contributed by atoms with Gasteiger partial charge in [0, 0.05) is 13.2 Å². The van der Waals surface area contributed by atoms with Crippen LogP contribution in [-0.4, -0.2) is 21.5 Å². The highest BCUT2D eigenvalue weighted by atomic mass is 19.3. The van der Waals surface area contributed by atoms with Gasteiger partial charge in [0.1, 0.15) is 11.5 Å². The highest BCUT2D eigenvalue weighted by Gasteiger charge is 2.40. The molecule has 136 valence electrons. The number of nitrogens with one attached hydrogen (secondary N) is 1. The molecule has 4 nitrogen and oxygen atoms in total. The molecule has 26 heavy (non-hydrogen) atoms. The van der Waals surface area contributed by atoms with Gasteiger partial charge in [-0.2, -0.15) is 5.10 Å². The van der Waals surface area contributed by atoms with Crippen LogP contribution in [0.5, 0.6) is 0 Å². The molecule has 2 unspecified atom stereocenters. The zero-order valence-corrected chi connectivity index (χ0v) is 13.7. The van der Waals surface area contributed by atoms with Crippen molar-refractivity contribution in [1.82, 2.24) is 15.1 Å². The van der Waals surface area contributed by atoms with Crippen molar-refractivity contribution in [3.8, 4) is 0 Å². The normalized spacial score (nSPS) is 22.0. The van der Waals surface area contributed by atoms with Gasteiger partial charge >= 0.3 is 0 Å². The van der Waals surface area contributed by atoms with Gasteiger partial charge in [-0.05, 0) is 23.8 Å². The summed E-state index contributed by atoms with van der Waals surface area (Å²) in [5.41, 5.74) is -0.697. The molecule has 2 atom stereocenters. The summed E-state index contributed by atoms with van der Waals surface area (Å²) in [6.07, 6.45) is 3.75. The van der Waals surface area contributed by atoms with Crippen LogP contribution < -0.4 is 5.32 Å². The van der Waals surface area contributed by atoms with E-state index in [1.165, 1.54) is 43.5 Å².